The van der Waals surface area contributed by atoms with Gasteiger partial charge in [0.25, 0.3) is 0 Å². The number of aliphatic hydroxyl groups is 1. The van der Waals surface area contributed by atoms with Crippen LogP contribution in [-0.2, 0) is 6.42 Å². The van der Waals surface area contributed by atoms with Gasteiger partial charge in [-0.1, -0.05) is 26.8 Å². The Morgan fingerprint density at radius 3 is 2.83 bits per heavy atom. The van der Waals surface area contributed by atoms with Gasteiger partial charge in [-0.15, -0.1) is 0 Å². The second-order valence-electron chi connectivity index (χ2n) is 7.08. The van der Waals surface area contributed by atoms with Gasteiger partial charge in [-0.3, -0.25) is 4.98 Å². The van der Waals surface area contributed by atoms with Crippen LogP contribution in [-0.4, -0.2) is 15.7 Å². The molecule has 1 N–H and O–H groups in total. The van der Waals surface area contributed by atoms with E-state index in [0.29, 0.717) is 5.92 Å². The zero-order chi connectivity index (χ0) is 13.0. The molecule has 18 heavy (non-hydrogen) atoms. The van der Waals surface area contributed by atoms with E-state index in [1.807, 2.05) is 12.3 Å². The molecule has 1 fully saturated rings. The molecule has 2 aliphatic rings. The van der Waals surface area contributed by atoms with Crippen LogP contribution < -0.4 is 0 Å². The van der Waals surface area contributed by atoms with E-state index < -0.39 is 5.60 Å². The molecule has 98 valence electrons. The van der Waals surface area contributed by atoms with Crippen LogP contribution in [0.25, 0.3) is 0 Å². The second-order valence-corrected chi connectivity index (χ2v) is 7.08. The zero-order valence-electron chi connectivity index (χ0n) is 11.6. The highest BCUT2D eigenvalue weighted by molar-refractivity contribution is 5.32. The van der Waals surface area contributed by atoms with E-state index in [1.165, 1.54) is 5.56 Å². The molecule has 1 aromatic rings. The molecule has 2 heteroatoms. The fraction of sp³-hybridized carbons (Fsp3) is 0.688. The summed E-state index contributed by atoms with van der Waals surface area (Å²) in [6, 6.07) is 4.17. The predicted octanol–water partition coefficient (Wildman–Crippen LogP) is 3.30. The molecule has 3 rings (SSSR count). The lowest BCUT2D eigenvalue weighted by Crippen LogP contribution is -2.38. The molecule has 3 unspecified atom stereocenters. The van der Waals surface area contributed by atoms with Gasteiger partial charge in [-0.25, -0.2) is 0 Å². The minimum Gasteiger partial charge on any atom is -0.389 e. The van der Waals surface area contributed by atoms with E-state index in [1.54, 1.807) is 0 Å². The predicted molar refractivity (Wildman–Crippen MR) is 72.4 cm³/mol. The molecule has 1 aromatic heterocycles. The van der Waals surface area contributed by atoms with Gasteiger partial charge in [0.1, 0.15) is 0 Å². The van der Waals surface area contributed by atoms with Crippen molar-refractivity contribution in [3.8, 4) is 0 Å². The van der Waals surface area contributed by atoms with Crippen LogP contribution >= 0.6 is 0 Å². The summed E-state index contributed by atoms with van der Waals surface area (Å²) in [6.07, 6.45) is 6.02. The summed E-state index contributed by atoms with van der Waals surface area (Å²) in [7, 11) is 0. The molecule has 1 saturated carbocycles. The summed E-state index contributed by atoms with van der Waals surface area (Å²) < 4.78 is 0. The lowest BCUT2D eigenvalue weighted by molar-refractivity contribution is -0.0232. The van der Waals surface area contributed by atoms with Crippen LogP contribution in [0.3, 0.4) is 0 Å². The Labute approximate surface area is 109 Å². The van der Waals surface area contributed by atoms with Gasteiger partial charge >= 0.3 is 0 Å². The van der Waals surface area contributed by atoms with Crippen LogP contribution in [0.2, 0.25) is 0 Å². The fourth-order valence-corrected chi connectivity index (χ4v) is 4.38. The Balaban J connectivity index is 1.97. The normalized spacial score (nSPS) is 37.8. The largest absolute Gasteiger partial charge is 0.389 e. The topological polar surface area (TPSA) is 33.1 Å². The lowest BCUT2D eigenvalue weighted by Gasteiger charge is -2.35. The smallest absolute Gasteiger partial charge is 0.0761 e. The number of aryl methyl sites for hydroxylation is 1. The first-order valence-electron chi connectivity index (χ1n) is 7.08. The molecule has 0 saturated heterocycles. The Hall–Kier alpha value is -0.890. The first-order chi connectivity index (χ1) is 8.42. The van der Waals surface area contributed by atoms with Crippen molar-refractivity contribution < 1.29 is 5.11 Å². The standard InChI is InChI=1S/C16H23NO/c1-11-9-15(2,3)10-16(11,18)13-7-6-12-5-4-8-17-14(12)13/h4-5,8,11,13,18H,6-7,9-10H2,1-3H3. The molecule has 0 bridgehead atoms. The maximum atomic E-state index is 11.2. The molecule has 0 amide bonds. The van der Waals surface area contributed by atoms with E-state index in [4.69, 9.17) is 0 Å². The maximum Gasteiger partial charge on any atom is 0.0761 e. The average molecular weight is 245 g/mol. The minimum atomic E-state index is -0.552. The highest BCUT2D eigenvalue weighted by atomic mass is 16.3. The van der Waals surface area contributed by atoms with Gasteiger partial charge in [0.15, 0.2) is 0 Å². The maximum absolute atomic E-state index is 11.2. The van der Waals surface area contributed by atoms with Crippen molar-refractivity contribution in [1.29, 1.82) is 0 Å². The van der Waals surface area contributed by atoms with Crippen molar-refractivity contribution >= 4 is 0 Å². The summed E-state index contributed by atoms with van der Waals surface area (Å²) in [6.45, 7) is 6.75. The van der Waals surface area contributed by atoms with E-state index in [0.717, 1.165) is 31.4 Å². The molecule has 2 nitrogen and oxygen atoms in total. The molecule has 0 radical (unpaired) electrons. The number of rotatable bonds is 1. The number of hydrogen-bond donors (Lipinski definition) is 1. The molecule has 0 aliphatic heterocycles. The fourth-order valence-electron chi connectivity index (χ4n) is 4.38. The summed E-state index contributed by atoms with van der Waals surface area (Å²) >= 11 is 0. The average Bonchev–Trinajstić information content (AvgIpc) is 2.79. The zero-order valence-corrected chi connectivity index (χ0v) is 11.6. The summed E-state index contributed by atoms with van der Waals surface area (Å²) in [5, 5.41) is 11.2. The Kier molecular flexibility index (Phi) is 2.57. The van der Waals surface area contributed by atoms with Crippen LogP contribution in [0, 0.1) is 11.3 Å². The SMILES string of the molecule is CC1CC(C)(C)CC1(O)C1CCc2cccnc21. The lowest BCUT2D eigenvalue weighted by atomic mass is 9.77. The van der Waals surface area contributed by atoms with Crippen molar-refractivity contribution in [2.24, 2.45) is 11.3 Å². The van der Waals surface area contributed by atoms with E-state index in [9.17, 15) is 5.11 Å². The molecular formula is C16H23NO. The van der Waals surface area contributed by atoms with Crippen LogP contribution in [0.5, 0.6) is 0 Å². The van der Waals surface area contributed by atoms with Crippen molar-refractivity contribution in [3.63, 3.8) is 0 Å². The van der Waals surface area contributed by atoms with Gasteiger partial charge < -0.3 is 5.11 Å². The highest BCUT2D eigenvalue weighted by Crippen LogP contribution is 2.55. The van der Waals surface area contributed by atoms with Crippen LogP contribution in [0.4, 0.5) is 0 Å². The van der Waals surface area contributed by atoms with Gasteiger partial charge in [0.05, 0.1) is 5.60 Å². The molecule has 3 atom stereocenters. The molecule has 2 aliphatic carbocycles. The second kappa shape index (κ2) is 3.80. The Bertz CT molecular complexity index is 468. The molecule has 1 heterocycles. The van der Waals surface area contributed by atoms with Crippen molar-refractivity contribution in [2.45, 2.75) is 58.0 Å². The first kappa shape index (κ1) is 12.2. The third-order valence-electron chi connectivity index (χ3n) is 5.04. The molecular weight excluding hydrogens is 222 g/mol. The van der Waals surface area contributed by atoms with Crippen molar-refractivity contribution in [2.75, 3.05) is 0 Å². The summed E-state index contributed by atoms with van der Waals surface area (Å²) in [5.41, 5.74) is 2.20. The Morgan fingerprint density at radius 2 is 2.17 bits per heavy atom. The monoisotopic (exact) mass is 245 g/mol. The molecule has 0 spiro atoms. The highest BCUT2D eigenvalue weighted by Gasteiger charge is 2.53. The molecule has 0 aromatic carbocycles. The van der Waals surface area contributed by atoms with Gasteiger partial charge in [0, 0.05) is 17.8 Å². The van der Waals surface area contributed by atoms with Gasteiger partial charge in [-0.05, 0) is 48.6 Å². The summed E-state index contributed by atoms with van der Waals surface area (Å²) in [4.78, 5) is 4.55. The quantitative estimate of drug-likeness (QED) is 0.823. The summed E-state index contributed by atoms with van der Waals surface area (Å²) in [5.74, 6) is 0.607. The van der Waals surface area contributed by atoms with E-state index >= 15 is 0 Å². The number of aromatic nitrogens is 1. The van der Waals surface area contributed by atoms with Crippen LogP contribution in [0.15, 0.2) is 18.3 Å². The number of nitrogens with zero attached hydrogens (tertiary/aromatic N) is 1. The van der Waals surface area contributed by atoms with Crippen molar-refractivity contribution in [1.82, 2.24) is 4.98 Å². The van der Waals surface area contributed by atoms with E-state index in [2.05, 4.69) is 31.8 Å². The Morgan fingerprint density at radius 1 is 1.39 bits per heavy atom. The number of hydrogen-bond acceptors (Lipinski definition) is 2. The van der Waals surface area contributed by atoms with Gasteiger partial charge in [0.2, 0.25) is 0 Å². The third kappa shape index (κ3) is 1.70. The third-order valence-corrected chi connectivity index (χ3v) is 5.04. The van der Waals surface area contributed by atoms with E-state index in [-0.39, 0.29) is 11.3 Å². The minimum absolute atomic E-state index is 0.241. The first-order valence-corrected chi connectivity index (χ1v) is 7.08. The number of pyridine rings is 1. The van der Waals surface area contributed by atoms with Crippen LogP contribution in [0.1, 0.15) is 57.2 Å². The van der Waals surface area contributed by atoms with Gasteiger partial charge in [-0.2, -0.15) is 0 Å². The van der Waals surface area contributed by atoms with Crippen molar-refractivity contribution in [3.05, 3.63) is 29.6 Å². The number of fused-ring (bicyclic) bond motifs is 1.